The van der Waals surface area contributed by atoms with Crippen molar-refractivity contribution < 1.29 is 14.3 Å². The van der Waals surface area contributed by atoms with Gasteiger partial charge in [-0.1, -0.05) is 48.5 Å². The van der Waals surface area contributed by atoms with E-state index in [1.807, 2.05) is 55.5 Å². The van der Waals surface area contributed by atoms with Crippen LogP contribution in [-0.4, -0.2) is 34.5 Å². The van der Waals surface area contributed by atoms with Crippen molar-refractivity contribution in [2.24, 2.45) is 0 Å². The molecule has 1 N–H and O–H groups in total. The molecule has 1 saturated heterocycles. The molecule has 1 aromatic heterocycles. The summed E-state index contributed by atoms with van der Waals surface area (Å²) >= 11 is 0. The van der Waals surface area contributed by atoms with Gasteiger partial charge in [-0.2, -0.15) is 0 Å². The lowest BCUT2D eigenvalue weighted by Gasteiger charge is -2.36. The summed E-state index contributed by atoms with van der Waals surface area (Å²) in [6, 6.07) is 23.9. The summed E-state index contributed by atoms with van der Waals surface area (Å²) in [5.41, 5.74) is 4.64. The van der Waals surface area contributed by atoms with Crippen LogP contribution in [0.5, 0.6) is 5.75 Å². The van der Waals surface area contributed by atoms with Gasteiger partial charge in [0.05, 0.1) is 12.3 Å². The molecule has 0 radical (unpaired) electrons. The number of urea groups is 1. The number of H-pyrrole nitrogens is 1. The second-order valence-corrected chi connectivity index (χ2v) is 8.39. The van der Waals surface area contributed by atoms with Crippen LogP contribution in [0.4, 0.5) is 10.5 Å². The lowest BCUT2D eigenvalue weighted by atomic mass is 9.89. The summed E-state index contributed by atoms with van der Waals surface area (Å²) < 4.78 is 5.52. The van der Waals surface area contributed by atoms with Gasteiger partial charge in [0.1, 0.15) is 17.8 Å². The van der Waals surface area contributed by atoms with Gasteiger partial charge in [0, 0.05) is 23.0 Å². The Hall–Kier alpha value is -4.06. The zero-order chi connectivity index (χ0) is 22.5. The third kappa shape index (κ3) is 2.94. The van der Waals surface area contributed by atoms with Crippen LogP contribution < -0.4 is 9.64 Å². The maximum Gasteiger partial charge on any atom is 0.332 e. The average Bonchev–Trinajstić information content (AvgIpc) is 3.34. The van der Waals surface area contributed by atoms with Gasteiger partial charge in [0.25, 0.3) is 5.91 Å². The molecule has 6 nitrogen and oxygen atoms in total. The maximum atomic E-state index is 13.8. The highest BCUT2D eigenvalue weighted by Gasteiger charge is 2.53. The van der Waals surface area contributed by atoms with Gasteiger partial charge < -0.3 is 9.72 Å². The molecular formula is C27H23N3O3. The van der Waals surface area contributed by atoms with Crippen molar-refractivity contribution in [1.29, 1.82) is 0 Å². The normalized spacial score (nSPS) is 19.7. The minimum Gasteiger partial charge on any atom is -0.494 e. The Morgan fingerprint density at radius 1 is 0.939 bits per heavy atom. The topological polar surface area (TPSA) is 65.6 Å². The molecule has 0 bridgehead atoms. The Kier molecular flexibility index (Phi) is 4.47. The molecular weight excluding hydrogens is 414 g/mol. The Bertz CT molecular complexity index is 1360. The molecule has 0 saturated carbocycles. The number of hydrogen-bond donors (Lipinski definition) is 1. The Labute approximate surface area is 191 Å². The number of hydrogen-bond acceptors (Lipinski definition) is 3. The molecule has 0 spiro atoms. The fraction of sp³-hybridized carbons (Fsp3) is 0.185. The SMILES string of the molecule is CCOc1ccc(N2C(=O)[C@@H]3Cc4c([nH]c5ccccc45)C(c4ccccc4)N3C2=O)cc1. The Morgan fingerprint density at radius 3 is 2.42 bits per heavy atom. The predicted molar refractivity (Wildman–Crippen MR) is 126 cm³/mol. The number of aromatic amines is 1. The van der Waals surface area contributed by atoms with E-state index in [9.17, 15) is 9.59 Å². The van der Waals surface area contributed by atoms with Crippen LogP contribution in [-0.2, 0) is 11.2 Å². The van der Waals surface area contributed by atoms with E-state index in [2.05, 4.69) is 11.1 Å². The fourth-order valence-electron chi connectivity index (χ4n) is 5.15. The number of para-hydroxylation sites is 1. The highest BCUT2D eigenvalue weighted by Crippen LogP contribution is 2.44. The molecule has 2 atom stereocenters. The Balaban J connectivity index is 1.48. The number of imide groups is 1. The fourth-order valence-corrected chi connectivity index (χ4v) is 5.15. The molecule has 3 aromatic carbocycles. The number of fused-ring (bicyclic) bond motifs is 4. The number of aromatic nitrogens is 1. The molecule has 3 amide bonds. The van der Waals surface area contributed by atoms with Gasteiger partial charge in [-0.05, 0) is 48.4 Å². The highest BCUT2D eigenvalue weighted by molar-refractivity contribution is 6.22. The van der Waals surface area contributed by atoms with Crippen LogP contribution in [0.1, 0.15) is 29.8 Å². The molecule has 4 aromatic rings. The molecule has 1 unspecified atom stereocenters. The van der Waals surface area contributed by atoms with Crippen molar-refractivity contribution in [3.8, 4) is 5.75 Å². The minimum absolute atomic E-state index is 0.193. The van der Waals surface area contributed by atoms with Gasteiger partial charge in [-0.3, -0.25) is 9.69 Å². The van der Waals surface area contributed by atoms with E-state index in [-0.39, 0.29) is 18.0 Å². The van der Waals surface area contributed by atoms with E-state index >= 15 is 0 Å². The third-order valence-corrected chi connectivity index (χ3v) is 6.57. The summed E-state index contributed by atoms with van der Waals surface area (Å²) in [6.45, 7) is 2.47. The zero-order valence-corrected chi connectivity index (χ0v) is 18.2. The van der Waals surface area contributed by atoms with Crippen LogP contribution in [0.15, 0.2) is 78.9 Å². The van der Waals surface area contributed by atoms with Crippen LogP contribution in [0.2, 0.25) is 0 Å². The second kappa shape index (κ2) is 7.52. The van der Waals surface area contributed by atoms with Gasteiger partial charge in [0.2, 0.25) is 0 Å². The summed E-state index contributed by atoms with van der Waals surface area (Å²) in [5, 5.41) is 1.10. The highest BCUT2D eigenvalue weighted by atomic mass is 16.5. The molecule has 2 aliphatic rings. The molecule has 164 valence electrons. The third-order valence-electron chi connectivity index (χ3n) is 6.57. The molecule has 1 fully saturated rings. The van der Waals surface area contributed by atoms with Gasteiger partial charge in [-0.25, -0.2) is 9.69 Å². The van der Waals surface area contributed by atoms with Crippen molar-refractivity contribution in [2.75, 3.05) is 11.5 Å². The second-order valence-electron chi connectivity index (χ2n) is 8.39. The summed E-state index contributed by atoms with van der Waals surface area (Å²) in [5.74, 6) is 0.516. The quantitative estimate of drug-likeness (QED) is 0.455. The number of ether oxygens (including phenoxy) is 1. The van der Waals surface area contributed by atoms with Gasteiger partial charge in [-0.15, -0.1) is 0 Å². The lowest BCUT2D eigenvalue weighted by molar-refractivity contribution is -0.120. The average molecular weight is 437 g/mol. The summed E-state index contributed by atoms with van der Waals surface area (Å²) in [6.07, 6.45) is 0.487. The van der Waals surface area contributed by atoms with Crippen molar-refractivity contribution in [3.63, 3.8) is 0 Å². The van der Waals surface area contributed by atoms with Gasteiger partial charge >= 0.3 is 6.03 Å². The molecule has 2 aliphatic heterocycles. The number of benzene rings is 3. The summed E-state index contributed by atoms with van der Waals surface area (Å²) in [7, 11) is 0. The number of carbonyl (C=O) groups excluding carboxylic acids is 2. The van der Waals surface area contributed by atoms with Crippen molar-refractivity contribution in [1.82, 2.24) is 9.88 Å². The standard InChI is InChI=1S/C27H23N3O3/c1-2-33-19-14-12-18(13-15-19)29-26(31)23-16-21-20-10-6-7-11-22(20)28-24(21)25(30(23)27(29)32)17-8-4-3-5-9-17/h3-15,23,25,28H,2,16H2,1H3/t23-,25?/m0/s1. The molecule has 6 heteroatoms. The first kappa shape index (κ1) is 19.6. The lowest BCUT2D eigenvalue weighted by Crippen LogP contribution is -2.44. The van der Waals surface area contributed by atoms with Crippen LogP contribution in [0.25, 0.3) is 10.9 Å². The number of nitrogens with one attached hydrogen (secondary N) is 1. The predicted octanol–water partition coefficient (Wildman–Crippen LogP) is 5.05. The van der Waals surface area contributed by atoms with Crippen LogP contribution in [0, 0.1) is 0 Å². The largest absolute Gasteiger partial charge is 0.494 e. The first-order chi connectivity index (χ1) is 16.2. The van der Waals surface area contributed by atoms with E-state index in [1.165, 1.54) is 4.90 Å². The van der Waals surface area contributed by atoms with E-state index in [1.54, 1.807) is 29.2 Å². The van der Waals surface area contributed by atoms with E-state index in [4.69, 9.17) is 4.74 Å². The van der Waals surface area contributed by atoms with E-state index in [0.29, 0.717) is 24.5 Å². The first-order valence-corrected chi connectivity index (χ1v) is 11.2. The monoisotopic (exact) mass is 437 g/mol. The zero-order valence-electron chi connectivity index (χ0n) is 18.2. The maximum absolute atomic E-state index is 13.8. The van der Waals surface area contributed by atoms with E-state index < -0.39 is 6.04 Å². The number of carbonyl (C=O) groups is 2. The number of rotatable bonds is 4. The molecule has 6 rings (SSSR count). The number of nitrogens with zero attached hydrogens (tertiary/aromatic N) is 2. The van der Waals surface area contributed by atoms with Crippen molar-refractivity contribution >= 4 is 28.5 Å². The van der Waals surface area contributed by atoms with Crippen molar-refractivity contribution in [2.45, 2.75) is 25.4 Å². The first-order valence-electron chi connectivity index (χ1n) is 11.2. The van der Waals surface area contributed by atoms with Crippen LogP contribution >= 0.6 is 0 Å². The molecule has 0 aliphatic carbocycles. The van der Waals surface area contributed by atoms with E-state index in [0.717, 1.165) is 27.7 Å². The van der Waals surface area contributed by atoms with Gasteiger partial charge in [0.15, 0.2) is 0 Å². The Morgan fingerprint density at radius 2 is 1.67 bits per heavy atom. The summed E-state index contributed by atoms with van der Waals surface area (Å²) in [4.78, 5) is 34.0. The molecule has 3 heterocycles. The van der Waals surface area contributed by atoms with Crippen molar-refractivity contribution in [3.05, 3.63) is 95.7 Å². The molecule has 33 heavy (non-hydrogen) atoms. The van der Waals surface area contributed by atoms with Crippen LogP contribution in [0.3, 0.4) is 0 Å². The number of anilines is 1. The minimum atomic E-state index is -0.555. The number of amides is 3. The smallest absolute Gasteiger partial charge is 0.332 e.